The topological polar surface area (TPSA) is 49.9 Å². The second-order valence-electron chi connectivity index (χ2n) is 5.56. The number of rotatable bonds is 2. The number of hydrogen-bond donors (Lipinski definition) is 0. The quantitative estimate of drug-likeness (QED) is 0.768. The second-order valence-corrected chi connectivity index (χ2v) is 5.56. The molecule has 19 heavy (non-hydrogen) atoms. The van der Waals surface area contributed by atoms with E-state index in [4.69, 9.17) is 4.74 Å². The van der Waals surface area contributed by atoms with Crippen LogP contribution in [-0.2, 0) is 9.53 Å². The van der Waals surface area contributed by atoms with E-state index in [9.17, 15) is 9.59 Å². The van der Waals surface area contributed by atoms with Crippen molar-refractivity contribution in [3.05, 3.63) is 0 Å². The van der Waals surface area contributed by atoms with Gasteiger partial charge in [-0.2, -0.15) is 0 Å². The van der Waals surface area contributed by atoms with Gasteiger partial charge in [-0.3, -0.25) is 9.69 Å². The molecule has 0 N–H and O–H groups in total. The van der Waals surface area contributed by atoms with E-state index < -0.39 is 0 Å². The van der Waals surface area contributed by atoms with Gasteiger partial charge >= 0.3 is 6.09 Å². The highest BCUT2D eigenvalue weighted by Crippen LogP contribution is 2.23. The van der Waals surface area contributed by atoms with Crippen molar-refractivity contribution in [3.8, 4) is 0 Å². The molecule has 0 aromatic rings. The van der Waals surface area contributed by atoms with Crippen molar-refractivity contribution in [1.29, 1.82) is 0 Å². The molecule has 2 amide bonds. The van der Waals surface area contributed by atoms with E-state index in [1.54, 1.807) is 11.8 Å². The molecule has 2 fully saturated rings. The van der Waals surface area contributed by atoms with Gasteiger partial charge in [0.05, 0.1) is 6.61 Å². The minimum atomic E-state index is -0.344. The number of hydrogen-bond acceptors (Lipinski definition) is 3. The molecule has 1 atom stereocenters. The standard InChI is InChI=1S/C14H24N2O3/c1-3-19-14(18)16-8-4-5-12(16)13(17)15-9-6-11(2)7-10-15/h11-12H,3-10H2,1-2H3/t12-/m0/s1. The highest BCUT2D eigenvalue weighted by atomic mass is 16.6. The molecular formula is C14H24N2O3. The van der Waals surface area contributed by atoms with Crippen LogP contribution >= 0.6 is 0 Å². The molecule has 5 nitrogen and oxygen atoms in total. The number of carbonyl (C=O) groups is 2. The minimum Gasteiger partial charge on any atom is -0.450 e. The Bertz CT molecular complexity index is 338. The van der Waals surface area contributed by atoms with E-state index in [2.05, 4.69) is 6.92 Å². The first-order valence-corrected chi connectivity index (χ1v) is 7.35. The van der Waals surface area contributed by atoms with Crippen LogP contribution in [-0.4, -0.2) is 54.1 Å². The number of carbonyl (C=O) groups excluding carboxylic acids is 2. The summed E-state index contributed by atoms with van der Waals surface area (Å²) in [5, 5.41) is 0. The molecule has 2 saturated heterocycles. The average molecular weight is 268 g/mol. The third kappa shape index (κ3) is 3.19. The lowest BCUT2D eigenvalue weighted by Crippen LogP contribution is -2.50. The van der Waals surface area contributed by atoms with E-state index >= 15 is 0 Å². The van der Waals surface area contributed by atoms with Crippen LogP contribution in [0, 0.1) is 5.92 Å². The molecule has 2 rings (SSSR count). The van der Waals surface area contributed by atoms with Crippen molar-refractivity contribution < 1.29 is 14.3 Å². The molecule has 0 radical (unpaired) electrons. The van der Waals surface area contributed by atoms with E-state index in [1.807, 2.05) is 4.90 Å². The third-order valence-corrected chi connectivity index (χ3v) is 4.14. The van der Waals surface area contributed by atoms with E-state index in [1.165, 1.54) is 0 Å². The lowest BCUT2D eigenvalue weighted by Gasteiger charge is -2.34. The predicted octanol–water partition coefficient (Wildman–Crippen LogP) is 1.87. The van der Waals surface area contributed by atoms with Crippen LogP contribution in [0.2, 0.25) is 0 Å². The zero-order valence-corrected chi connectivity index (χ0v) is 11.9. The maximum absolute atomic E-state index is 12.5. The summed E-state index contributed by atoms with van der Waals surface area (Å²) in [6, 6.07) is -0.299. The zero-order chi connectivity index (χ0) is 13.8. The molecule has 108 valence electrons. The number of amides is 2. The summed E-state index contributed by atoms with van der Waals surface area (Å²) < 4.78 is 5.03. The first-order chi connectivity index (χ1) is 9.13. The fourth-order valence-electron chi connectivity index (χ4n) is 2.89. The van der Waals surface area contributed by atoms with Crippen LogP contribution in [0.5, 0.6) is 0 Å². The Labute approximate surface area is 114 Å². The summed E-state index contributed by atoms with van der Waals surface area (Å²) in [4.78, 5) is 27.9. The molecule has 0 aromatic carbocycles. The molecule has 0 unspecified atom stereocenters. The van der Waals surface area contributed by atoms with E-state index in [0.29, 0.717) is 19.1 Å². The Hall–Kier alpha value is -1.26. The summed E-state index contributed by atoms with van der Waals surface area (Å²) in [5.41, 5.74) is 0. The van der Waals surface area contributed by atoms with Gasteiger partial charge in [-0.05, 0) is 38.5 Å². The molecular weight excluding hydrogens is 244 g/mol. The Morgan fingerprint density at radius 1 is 1.16 bits per heavy atom. The van der Waals surface area contributed by atoms with Crippen molar-refractivity contribution in [2.75, 3.05) is 26.2 Å². The zero-order valence-electron chi connectivity index (χ0n) is 11.9. The molecule has 2 aliphatic rings. The van der Waals surface area contributed by atoms with Crippen molar-refractivity contribution in [2.45, 2.75) is 45.6 Å². The lowest BCUT2D eigenvalue weighted by molar-refractivity contribution is -0.136. The number of nitrogens with zero attached hydrogens (tertiary/aromatic N) is 2. The first kappa shape index (κ1) is 14.2. The van der Waals surface area contributed by atoms with Gasteiger partial charge in [-0.25, -0.2) is 4.79 Å². The van der Waals surface area contributed by atoms with Crippen molar-refractivity contribution in [3.63, 3.8) is 0 Å². The van der Waals surface area contributed by atoms with Crippen molar-refractivity contribution in [1.82, 2.24) is 9.80 Å². The maximum atomic E-state index is 12.5. The Balaban J connectivity index is 1.95. The lowest BCUT2D eigenvalue weighted by atomic mass is 9.98. The number of likely N-dealkylation sites (tertiary alicyclic amines) is 2. The van der Waals surface area contributed by atoms with Crippen molar-refractivity contribution in [2.24, 2.45) is 5.92 Å². The summed E-state index contributed by atoms with van der Waals surface area (Å²) >= 11 is 0. The summed E-state index contributed by atoms with van der Waals surface area (Å²) in [7, 11) is 0. The monoisotopic (exact) mass is 268 g/mol. The highest BCUT2D eigenvalue weighted by Gasteiger charge is 2.37. The second kappa shape index (κ2) is 6.26. The average Bonchev–Trinajstić information content (AvgIpc) is 2.88. The van der Waals surface area contributed by atoms with Gasteiger partial charge in [0.1, 0.15) is 6.04 Å². The Morgan fingerprint density at radius 2 is 1.84 bits per heavy atom. The summed E-state index contributed by atoms with van der Waals surface area (Å²) in [6.07, 6.45) is 3.45. The fourth-order valence-corrected chi connectivity index (χ4v) is 2.89. The molecule has 2 heterocycles. The van der Waals surface area contributed by atoms with Gasteiger partial charge < -0.3 is 9.64 Å². The molecule has 0 bridgehead atoms. The van der Waals surface area contributed by atoms with Crippen LogP contribution in [0.15, 0.2) is 0 Å². The van der Waals surface area contributed by atoms with Crippen LogP contribution in [0.1, 0.15) is 39.5 Å². The summed E-state index contributed by atoms with van der Waals surface area (Å²) in [6.45, 7) is 6.66. The van der Waals surface area contributed by atoms with Gasteiger partial charge in [0.2, 0.25) is 5.91 Å². The molecule has 5 heteroatoms. The first-order valence-electron chi connectivity index (χ1n) is 7.35. The Kier molecular flexibility index (Phi) is 4.66. The maximum Gasteiger partial charge on any atom is 0.410 e. The number of ether oxygens (including phenoxy) is 1. The van der Waals surface area contributed by atoms with Crippen LogP contribution < -0.4 is 0 Å². The number of piperidine rings is 1. The third-order valence-electron chi connectivity index (χ3n) is 4.14. The Morgan fingerprint density at radius 3 is 2.47 bits per heavy atom. The molecule has 0 saturated carbocycles. The van der Waals surface area contributed by atoms with Gasteiger partial charge in [0.15, 0.2) is 0 Å². The fraction of sp³-hybridized carbons (Fsp3) is 0.857. The highest BCUT2D eigenvalue weighted by molar-refractivity contribution is 5.86. The smallest absolute Gasteiger partial charge is 0.410 e. The molecule has 2 aliphatic heterocycles. The molecule has 0 aliphatic carbocycles. The van der Waals surface area contributed by atoms with E-state index in [-0.39, 0.29) is 18.0 Å². The van der Waals surface area contributed by atoms with Crippen LogP contribution in [0.3, 0.4) is 0 Å². The minimum absolute atomic E-state index is 0.109. The molecule has 0 spiro atoms. The van der Waals surface area contributed by atoms with Gasteiger partial charge in [0.25, 0.3) is 0 Å². The van der Waals surface area contributed by atoms with Crippen LogP contribution in [0.25, 0.3) is 0 Å². The molecule has 0 aromatic heterocycles. The largest absolute Gasteiger partial charge is 0.450 e. The predicted molar refractivity (Wildman–Crippen MR) is 71.7 cm³/mol. The van der Waals surface area contributed by atoms with Crippen molar-refractivity contribution >= 4 is 12.0 Å². The van der Waals surface area contributed by atoms with Crippen LogP contribution in [0.4, 0.5) is 4.79 Å². The van der Waals surface area contributed by atoms with E-state index in [0.717, 1.165) is 38.8 Å². The van der Waals surface area contributed by atoms with Gasteiger partial charge in [-0.15, -0.1) is 0 Å². The summed E-state index contributed by atoms with van der Waals surface area (Å²) in [5.74, 6) is 0.811. The van der Waals surface area contributed by atoms with Gasteiger partial charge in [-0.1, -0.05) is 6.92 Å². The van der Waals surface area contributed by atoms with Gasteiger partial charge in [0, 0.05) is 19.6 Å². The normalized spacial score (nSPS) is 24.6. The SMILES string of the molecule is CCOC(=O)N1CCC[C@H]1C(=O)N1CCC(C)CC1.